The van der Waals surface area contributed by atoms with E-state index in [1.807, 2.05) is 0 Å². The Kier molecular flexibility index (Phi) is 6.06. The van der Waals surface area contributed by atoms with E-state index in [0.717, 1.165) is 17.9 Å². The van der Waals surface area contributed by atoms with E-state index in [9.17, 15) is 23.9 Å². The number of hydrogen-bond acceptors (Lipinski definition) is 6. The van der Waals surface area contributed by atoms with E-state index in [4.69, 9.17) is 16.3 Å². The van der Waals surface area contributed by atoms with E-state index in [-0.39, 0.29) is 28.5 Å². The topological polar surface area (TPSA) is 108 Å². The minimum Gasteiger partial charge on any atom is -0.476 e. The lowest BCUT2D eigenvalue weighted by Gasteiger charge is -2.07. The number of aromatic nitrogens is 2. The molecule has 10 heteroatoms. The Morgan fingerprint density at radius 3 is 2.54 bits per heavy atom. The molecule has 2 aromatic rings. The van der Waals surface area contributed by atoms with Crippen molar-refractivity contribution in [3.8, 4) is 0 Å². The monoisotopic (exact) mass is 384 g/mol. The molecule has 0 saturated heterocycles. The Hall–Kier alpha value is -2.78. The van der Waals surface area contributed by atoms with Crippen molar-refractivity contribution in [1.29, 1.82) is 0 Å². The fourth-order valence-corrected chi connectivity index (χ4v) is 2.41. The normalized spacial score (nSPS) is 10.6. The predicted molar refractivity (Wildman–Crippen MR) is 87.0 cm³/mol. The zero-order chi connectivity index (χ0) is 19.4. The molecule has 8 nitrogen and oxygen atoms in total. The Bertz CT molecular complexity index is 880. The number of aromatic carboxylic acids is 1. The van der Waals surface area contributed by atoms with E-state index in [0.29, 0.717) is 0 Å². The summed E-state index contributed by atoms with van der Waals surface area (Å²) in [5.74, 6) is -3.66. The third-order valence-corrected chi connectivity index (χ3v) is 3.76. The number of carbonyl (C=O) groups is 3. The number of rotatable bonds is 7. The molecule has 0 aliphatic carbocycles. The number of esters is 1. The SMILES string of the molecule is COCc1c(C(=O)O)nn(CC(=O)c2ccc(Cl)c(F)c2)c1C(=O)OC. The van der Waals surface area contributed by atoms with Crippen LogP contribution in [0.2, 0.25) is 5.02 Å². The second-order valence-electron chi connectivity index (χ2n) is 5.12. The summed E-state index contributed by atoms with van der Waals surface area (Å²) in [6, 6.07) is 3.47. The average Bonchev–Trinajstić information content (AvgIpc) is 2.95. The smallest absolute Gasteiger partial charge is 0.356 e. The lowest BCUT2D eigenvalue weighted by molar-refractivity contribution is 0.0581. The highest BCUT2D eigenvalue weighted by Gasteiger charge is 2.28. The number of hydrogen-bond donors (Lipinski definition) is 1. The number of carboxylic acid groups (broad SMARTS) is 1. The molecule has 1 N–H and O–H groups in total. The highest BCUT2D eigenvalue weighted by atomic mass is 35.5. The third kappa shape index (κ3) is 3.89. The summed E-state index contributed by atoms with van der Waals surface area (Å²) in [6.45, 7) is -0.731. The van der Waals surface area contributed by atoms with Gasteiger partial charge in [-0.3, -0.25) is 4.79 Å². The summed E-state index contributed by atoms with van der Waals surface area (Å²) in [7, 11) is 2.42. The van der Waals surface area contributed by atoms with Crippen molar-refractivity contribution < 1.29 is 33.4 Å². The van der Waals surface area contributed by atoms with Crippen LogP contribution >= 0.6 is 11.6 Å². The van der Waals surface area contributed by atoms with Gasteiger partial charge in [-0.25, -0.2) is 18.7 Å². The number of ether oxygens (including phenoxy) is 2. The van der Waals surface area contributed by atoms with Gasteiger partial charge in [0.2, 0.25) is 0 Å². The van der Waals surface area contributed by atoms with E-state index in [1.165, 1.54) is 19.2 Å². The fourth-order valence-electron chi connectivity index (χ4n) is 2.29. The quantitative estimate of drug-likeness (QED) is 0.575. The van der Waals surface area contributed by atoms with Crippen LogP contribution in [0.1, 0.15) is 36.9 Å². The van der Waals surface area contributed by atoms with Gasteiger partial charge in [0.25, 0.3) is 0 Å². The molecule has 0 unspecified atom stereocenters. The predicted octanol–water partition coefficient (Wildman–Crippen LogP) is 2.19. The maximum Gasteiger partial charge on any atom is 0.356 e. The molecule has 0 aliphatic rings. The zero-order valence-corrected chi connectivity index (χ0v) is 14.5. The zero-order valence-electron chi connectivity index (χ0n) is 13.8. The largest absolute Gasteiger partial charge is 0.476 e. The molecular weight excluding hydrogens is 371 g/mol. The molecule has 1 heterocycles. The number of benzene rings is 1. The van der Waals surface area contributed by atoms with Crippen molar-refractivity contribution in [2.24, 2.45) is 0 Å². The van der Waals surface area contributed by atoms with Gasteiger partial charge < -0.3 is 14.6 Å². The van der Waals surface area contributed by atoms with Crippen LogP contribution in [0.25, 0.3) is 0 Å². The summed E-state index contributed by atoms with van der Waals surface area (Å²) in [5, 5.41) is 12.9. The number of halogens is 2. The molecule has 0 spiro atoms. The average molecular weight is 385 g/mol. The minimum absolute atomic E-state index is 0.0108. The van der Waals surface area contributed by atoms with E-state index in [2.05, 4.69) is 9.84 Å². The van der Waals surface area contributed by atoms with E-state index >= 15 is 0 Å². The first-order chi connectivity index (χ1) is 12.3. The minimum atomic E-state index is -1.40. The maximum atomic E-state index is 13.5. The molecule has 0 amide bonds. The Labute approximate surface area is 152 Å². The molecule has 1 aromatic carbocycles. The van der Waals surface area contributed by atoms with Crippen LogP contribution in [0.5, 0.6) is 0 Å². The van der Waals surface area contributed by atoms with Crippen molar-refractivity contribution in [2.75, 3.05) is 14.2 Å². The van der Waals surface area contributed by atoms with Gasteiger partial charge in [0.05, 0.1) is 18.7 Å². The van der Waals surface area contributed by atoms with Gasteiger partial charge in [0.15, 0.2) is 17.2 Å². The second-order valence-corrected chi connectivity index (χ2v) is 5.52. The van der Waals surface area contributed by atoms with E-state index < -0.39 is 35.8 Å². The molecule has 0 atom stereocenters. The van der Waals surface area contributed by atoms with Crippen LogP contribution in [-0.2, 0) is 22.6 Å². The molecule has 0 aliphatic heterocycles. The molecule has 26 heavy (non-hydrogen) atoms. The van der Waals surface area contributed by atoms with Crippen LogP contribution in [0.15, 0.2) is 18.2 Å². The first kappa shape index (κ1) is 19.5. The third-order valence-electron chi connectivity index (χ3n) is 3.46. The number of carbonyl (C=O) groups excluding carboxylic acids is 2. The molecular formula is C16H14ClFN2O6. The summed E-state index contributed by atoms with van der Waals surface area (Å²) in [5.41, 5.74) is -0.706. The number of methoxy groups -OCH3 is 2. The number of nitrogens with zero attached hydrogens (tertiary/aromatic N) is 2. The number of carboxylic acids is 1. The van der Waals surface area contributed by atoms with Gasteiger partial charge in [-0.1, -0.05) is 11.6 Å². The summed E-state index contributed by atoms with van der Waals surface area (Å²) >= 11 is 5.58. The molecule has 1 aromatic heterocycles. The molecule has 138 valence electrons. The molecule has 0 bridgehead atoms. The van der Waals surface area contributed by atoms with Crippen molar-refractivity contribution in [3.63, 3.8) is 0 Å². The standard InChI is InChI=1S/C16H14ClFN2O6/c1-25-7-9-13(15(22)23)19-20(14(9)16(24)26-2)6-12(21)8-3-4-10(17)11(18)5-8/h3-5H,6-7H2,1-2H3,(H,22,23). The summed E-state index contributed by atoms with van der Waals surface area (Å²) in [4.78, 5) is 35.8. The highest BCUT2D eigenvalue weighted by molar-refractivity contribution is 6.30. The van der Waals surface area contributed by atoms with Gasteiger partial charge in [-0.05, 0) is 18.2 Å². The van der Waals surface area contributed by atoms with Gasteiger partial charge in [-0.2, -0.15) is 5.10 Å². The van der Waals surface area contributed by atoms with Crippen LogP contribution in [0, 0.1) is 5.82 Å². The van der Waals surface area contributed by atoms with Crippen LogP contribution in [-0.4, -0.2) is 46.8 Å². The Morgan fingerprint density at radius 1 is 1.31 bits per heavy atom. The number of Topliss-reactive ketones (excluding diaryl/α,β-unsaturated/α-hetero) is 1. The van der Waals surface area contributed by atoms with Crippen molar-refractivity contribution in [3.05, 3.63) is 51.6 Å². The lowest BCUT2D eigenvalue weighted by Crippen LogP contribution is -2.19. The van der Waals surface area contributed by atoms with Crippen molar-refractivity contribution in [1.82, 2.24) is 9.78 Å². The molecule has 2 rings (SSSR count). The number of ketones is 1. The van der Waals surface area contributed by atoms with E-state index in [1.54, 1.807) is 0 Å². The first-order valence-electron chi connectivity index (χ1n) is 7.18. The Morgan fingerprint density at radius 2 is 2.00 bits per heavy atom. The van der Waals surface area contributed by atoms with Gasteiger partial charge in [0, 0.05) is 18.2 Å². The Balaban J connectivity index is 2.48. The van der Waals surface area contributed by atoms with Crippen LogP contribution in [0.4, 0.5) is 4.39 Å². The van der Waals surface area contributed by atoms with Gasteiger partial charge in [0.1, 0.15) is 12.4 Å². The van der Waals surface area contributed by atoms with Crippen LogP contribution < -0.4 is 0 Å². The summed E-state index contributed by atoms with van der Waals surface area (Å²) < 4.78 is 24.0. The summed E-state index contributed by atoms with van der Waals surface area (Å²) in [6.07, 6.45) is 0. The second kappa shape index (κ2) is 8.07. The molecule has 0 saturated carbocycles. The van der Waals surface area contributed by atoms with Crippen molar-refractivity contribution in [2.45, 2.75) is 13.2 Å². The van der Waals surface area contributed by atoms with Crippen LogP contribution in [0.3, 0.4) is 0 Å². The highest BCUT2D eigenvalue weighted by Crippen LogP contribution is 2.20. The van der Waals surface area contributed by atoms with Gasteiger partial charge >= 0.3 is 11.9 Å². The molecule has 0 fully saturated rings. The molecule has 0 radical (unpaired) electrons. The fraction of sp³-hybridized carbons (Fsp3) is 0.250. The lowest BCUT2D eigenvalue weighted by atomic mass is 10.1. The van der Waals surface area contributed by atoms with Gasteiger partial charge in [-0.15, -0.1) is 0 Å². The van der Waals surface area contributed by atoms with Crippen molar-refractivity contribution >= 4 is 29.3 Å². The first-order valence-corrected chi connectivity index (χ1v) is 7.56. The maximum absolute atomic E-state index is 13.5.